The van der Waals surface area contributed by atoms with Crippen molar-refractivity contribution in [3.05, 3.63) is 95.1 Å². The van der Waals surface area contributed by atoms with Crippen molar-refractivity contribution in [2.75, 3.05) is 10.6 Å². The second-order valence-electron chi connectivity index (χ2n) is 6.17. The van der Waals surface area contributed by atoms with E-state index in [4.69, 9.17) is 0 Å². The number of aryl methyl sites for hydroxylation is 2. The Bertz CT molecular complexity index is 932. The average Bonchev–Trinajstić information content (AvgIpc) is 2.65. The zero-order chi connectivity index (χ0) is 18.5. The van der Waals surface area contributed by atoms with Crippen molar-refractivity contribution in [2.24, 2.45) is 0 Å². The van der Waals surface area contributed by atoms with Gasteiger partial charge in [-0.25, -0.2) is 0 Å². The lowest BCUT2D eigenvalue weighted by atomic mass is 10.1. The second-order valence-corrected chi connectivity index (χ2v) is 6.17. The highest BCUT2D eigenvalue weighted by Crippen LogP contribution is 2.21. The largest absolute Gasteiger partial charge is 0.322 e. The standard InChI is InChI=1S/C22H20N2O2/c1-15-8-10-18(11-9-15)21(25)23-19-12-13-20(16(2)14-19)24-22(26)17-6-4-3-5-7-17/h3-14H,1-2H3,(H,23,25)(H,24,26). The van der Waals surface area contributed by atoms with E-state index in [2.05, 4.69) is 10.6 Å². The van der Waals surface area contributed by atoms with E-state index >= 15 is 0 Å². The van der Waals surface area contributed by atoms with Crippen molar-refractivity contribution in [1.82, 2.24) is 0 Å². The Hall–Kier alpha value is -3.40. The molecule has 0 fully saturated rings. The van der Waals surface area contributed by atoms with Crippen molar-refractivity contribution in [2.45, 2.75) is 13.8 Å². The fourth-order valence-electron chi connectivity index (χ4n) is 2.57. The highest BCUT2D eigenvalue weighted by Gasteiger charge is 2.09. The van der Waals surface area contributed by atoms with Gasteiger partial charge in [0, 0.05) is 22.5 Å². The fraction of sp³-hybridized carbons (Fsp3) is 0.0909. The molecular weight excluding hydrogens is 324 g/mol. The van der Waals surface area contributed by atoms with Crippen LogP contribution >= 0.6 is 0 Å². The second kappa shape index (κ2) is 7.66. The van der Waals surface area contributed by atoms with Crippen LogP contribution in [0.15, 0.2) is 72.8 Å². The molecule has 0 unspecified atom stereocenters. The first-order valence-electron chi connectivity index (χ1n) is 8.38. The van der Waals surface area contributed by atoms with Gasteiger partial charge >= 0.3 is 0 Å². The topological polar surface area (TPSA) is 58.2 Å². The van der Waals surface area contributed by atoms with Gasteiger partial charge in [-0.2, -0.15) is 0 Å². The molecule has 2 N–H and O–H groups in total. The van der Waals surface area contributed by atoms with Gasteiger partial charge in [0.1, 0.15) is 0 Å². The Kier molecular flexibility index (Phi) is 5.13. The quantitative estimate of drug-likeness (QED) is 0.714. The molecule has 0 aromatic heterocycles. The fourth-order valence-corrected chi connectivity index (χ4v) is 2.57. The van der Waals surface area contributed by atoms with Gasteiger partial charge in [-0.15, -0.1) is 0 Å². The molecule has 130 valence electrons. The van der Waals surface area contributed by atoms with Crippen molar-refractivity contribution in [3.8, 4) is 0 Å². The average molecular weight is 344 g/mol. The minimum absolute atomic E-state index is 0.162. The molecule has 4 nitrogen and oxygen atoms in total. The summed E-state index contributed by atoms with van der Waals surface area (Å²) in [4.78, 5) is 24.6. The number of nitrogens with one attached hydrogen (secondary N) is 2. The van der Waals surface area contributed by atoms with Crippen LogP contribution in [0.2, 0.25) is 0 Å². The summed E-state index contributed by atoms with van der Waals surface area (Å²) in [6.07, 6.45) is 0. The Morgan fingerprint density at radius 3 is 1.96 bits per heavy atom. The molecule has 3 aromatic rings. The van der Waals surface area contributed by atoms with Gasteiger partial charge in [0.25, 0.3) is 11.8 Å². The monoisotopic (exact) mass is 344 g/mol. The van der Waals surface area contributed by atoms with E-state index in [1.807, 2.05) is 50.2 Å². The maximum Gasteiger partial charge on any atom is 0.255 e. The van der Waals surface area contributed by atoms with Gasteiger partial charge in [-0.3, -0.25) is 9.59 Å². The minimum Gasteiger partial charge on any atom is -0.322 e. The van der Waals surface area contributed by atoms with Crippen LogP contribution in [0.3, 0.4) is 0 Å². The van der Waals surface area contributed by atoms with E-state index < -0.39 is 0 Å². The van der Waals surface area contributed by atoms with E-state index in [-0.39, 0.29) is 11.8 Å². The normalized spacial score (nSPS) is 10.2. The molecule has 0 bridgehead atoms. The molecule has 0 saturated carbocycles. The number of amides is 2. The van der Waals surface area contributed by atoms with Crippen LogP contribution in [0.5, 0.6) is 0 Å². The molecule has 0 aliphatic rings. The summed E-state index contributed by atoms with van der Waals surface area (Å²) in [6.45, 7) is 3.87. The molecule has 0 aliphatic carbocycles. The summed E-state index contributed by atoms with van der Waals surface area (Å²) in [7, 11) is 0. The SMILES string of the molecule is Cc1ccc(C(=O)Nc2ccc(NC(=O)c3ccccc3)c(C)c2)cc1. The van der Waals surface area contributed by atoms with Gasteiger partial charge in [0.05, 0.1) is 0 Å². The third-order valence-corrected chi connectivity index (χ3v) is 4.08. The van der Waals surface area contributed by atoms with Gasteiger partial charge in [0.15, 0.2) is 0 Å². The first-order valence-corrected chi connectivity index (χ1v) is 8.38. The van der Waals surface area contributed by atoms with Gasteiger partial charge < -0.3 is 10.6 Å². The third kappa shape index (κ3) is 4.16. The number of anilines is 2. The predicted molar refractivity (Wildman–Crippen MR) is 105 cm³/mol. The van der Waals surface area contributed by atoms with E-state index in [9.17, 15) is 9.59 Å². The summed E-state index contributed by atoms with van der Waals surface area (Å²) in [5.74, 6) is -0.324. The molecule has 0 spiro atoms. The molecule has 0 heterocycles. The number of rotatable bonds is 4. The summed E-state index contributed by atoms with van der Waals surface area (Å²) in [5, 5.41) is 5.77. The Labute approximate surface area is 152 Å². The van der Waals surface area contributed by atoms with Crippen LogP contribution in [0.25, 0.3) is 0 Å². The smallest absolute Gasteiger partial charge is 0.255 e. The maximum atomic E-state index is 12.3. The minimum atomic E-state index is -0.162. The number of hydrogen-bond acceptors (Lipinski definition) is 2. The lowest BCUT2D eigenvalue weighted by Crippen LogP contribution is -2.14. The number of hydrogen-bond donors (Lipinski definition) is 2. The lowest BCUT2D eigenvalue weighted by Gasteiger charge is -2.11. The van der Waals surface area contributed by atoms with Crippen molar-refractivity contribution in [1.29, 1.82) is 0 Å². The van der Waals surface area contributed by atoms with Crippen molar-refractivity contribution >= 4 is 23.2 Å². The predicted octanol–water partition coefficient (Wildman–Crippen LogP) is 4.81. The van der Waals surface area contributed by atoms with E-state index in [1.54, 1.807) is 36.4 Å². The Morgan fingerprint density at radius 1 is 0.692 bits per heavy atom. The highest BCUT2D eigenvalue weighted by atomic mass is 16.2. The summed E-state index contributed by atoms with van der Waals surface area (Å²) >= 11 is 0. The molecule has 4 heteroatoms. The van der Waals surface area contributed by atoms with Gasteiger partial charge in [0.2, 0.25) is 0 Å². The number of carbonyl (C=O) groups is 2. The first-order chi connectivity index (χ1) is 12.5. The molecular formula is C22H20N2O2. The Morgan fingerprint density at radius 2 is 1.31 bits per heavy atom. The molecule has 26 heavy (non-hydrogen) atoms. The zero-order valence-corrected chi connectivity index (χ0v) is 14.7. The highest BCUT2D eigenvalue weighted by molar-refractivity contribution is 6.06. The lowest BCUT2D eigenvalue weighted by molar-refractivity contribution is 0.101. The van der Waals surface area contributed by atoms with E-state index in [0.717, 1.165) is 11.1 Å². The third-order valence-electron chi connectivity index (χ3n) is 4.08. The van der Waals surface area contributed by atoms with Crippen LogP contribution in [0.1, 0.15) is 31.8 Å². The van der Waals surface area contributed by atoms with Crippen LogP contribution in [-0.4, -0.2) is 11.8 Å². The van der Waals surface area contributed by atoms with Crippen LogP contribution < -0.4 is 10.6 Å². The van der Waals surface area contributed by atoms with Crippen LogP contribution in [0.4, 0.5) is 11.4 Å². The van der Waals surface area contributed by atoms with E-state index in [0.29, 0.717) is 22.5 Å². The molecule has 0 radical (unpaired) electrons. The molecule has 0 atom stereocenters. The van der Waals surface area contributed by atoms with Crippen molar-refractivity contribution in [3.63, 3.8) is 0 Å². The number of benzene rings is 3. The first kappa shape index (κ1) is 17.4. The van der Waals surface area contributed by atoms with Crippen LogP contribution in [0, 0.1) is 13.8 Å². The van der Waals surface area contributed by atoms with E-state index in [1.165, 1.54) is 0 Å². The molecule has 2 amide bonds. The molecule has 3 aromatic carbocycles. The summed E-state index contributed by atoms with van der Waals surface area (Å²) < 4.78 is 0. The Balaban J connectivity index is 1.70. The van der Waals surface area contributed by atoms with Gasteiger partial charge in [-0.1, -0.05) is 35.9 Å². The summed E-state index contributed by atoms with van der Waals surface area (Å²) in [6, 6.07) is 21.9. The maximum absolute atomic E-state index is 12.3. The number of carbonyl (C=O) groups excluding carboxylic acids is 2. The van der Waals surface area contributed by atoms with Crippen LogP contribution in [-0.2, 0) is 0 Å². The zero-order valence-electron chi connectivity index (χ0n) is 14.7. The molecule has 3 rings (SSSR count). The van der Waals surface area contributed by atoms with Crippen molar-refractivity contribution < 1.29 is 9.59 Å². The molecule has 0 aliphatic heterocycles. The van der Waals surface area contributed by atoms with Gasteiger partial charge in [-0.05, 0) is 61.9 Å². The molecule has 0 saturated heterocycles. The summed E-state index contributed by atoms with van der Waals surface area (Å²) in [5.41, 5.74) is 4.59.